The first kappa shape index (κ1) is 22.9. The lowest BCUT2D eigenvalue weighted by Gasteiger charge is -2.38. The van der Waals surface area contributed by atoms with Gasteiger partial charge in [-0.05, 0) is 57.0 Å². The van der Waals surface area contributed by atoms with Crippen LogP contribution < -0.4 is 21.7 Å². The van der Waals surface area contributed by atoms with Gasteiger partial charge in [-0.15, -0.1) is 0 Å². The Balaban J connectivity index is 1.43. The predicted molar refractivity (Wildman–Crippen MR) is 135 cm³/mol. The third-order valence-electron chi connectivity index (χ3n) is 6.35. The van der Waals surface area contributed by atoms with E-state index in [1.54, 1.807) is 25.4 Å². The summed E-state index contributed by atoms with van der Waals surface area (Å²) >= 11 is 0. The van der Waals surface area contributed by atoms with Crippen molar-refractivity contribution in [3.8, 4) is 11.4 Å². The third kappa shape index (κ3) is 4.83. The average Bonchev–Trinajstić information content (AvgIpc) is 2.84. The smallest absolute Gasteiger partial charge is 0.149 e. The molecule has 0 bridgehead atoms. The first-order valence-electron chi connectivity index (χ1n) is 11.6. The van der Waals surface area contributed by atoms with Crippen molar-refractivity contribution in [3.05, 3.63) is 60.1 Å². The largest absolute Gasteiger partial charge is 0.382 e. The fraction of sp³-hybridized carbons (Fsp3) is 0.320. The van der Waals surface area contributed by atoms with Gasteiger partial charge in [-0.1, -0.05) is 0 Å². The SMILES string of the molecule is Cc1nc(-c2cnc(N)c(CNc3ncccc3N3CCC(C)(N)CC3)n2)c2cc(F)ccc2n1. The second kappa shape index (κ2) is 9.03. The first-order valence-corrected chi connectivity index (χ1v) is 11.6. The Kier molecular flexibility index (Phi) is 5.89. The molecule has 1 saturated heterocycles. The Morgan fingerprint density at radius 1 is 1.11 bits per heavy atom. The van der Waals surface area contributed by atoms with Gasteiger partial charge in [0, 0.05) is 30.2 Å². The molecule has 0 saturated carbocycles. The number of rotatable bonds is 5. The van der Waals surface area contributed by atoms with E-state index in [-0.39, 0.29) is 11.4 Å². The topological polar surface area (TPSA) is 132 Å². The molecule has 1 aliphatic heterocycles. The maximum absolute atomic E-state index is 14.0. The van der Waals surface area contributed by atoms with Crippen molar-refractivity contribution in [1.82, 2.24) is 24.9 Å². The number of aryl methyl sites for hydroxylation is 1. The van der Waals surface area contributed by atoms with Gasteiger partial charge in [0.1, 0.15) is 40.4 Å². The highest BCUT2D eigenvalue weighted by atomic mass is 19.1. The van der Waals surface area contributed by atoms with Gasteiger partial charge in [-0.25, -0.2) is 29.3 Å². The van der Waals surface area contributed by atoms with E-state index in [9.17, 15) is 4.39 Å². The van der Waals surface area contributed by atoms with Crippen molar-refractivity contribution in [3.63, 3.8) is 0 Å². The molecule has 1 fully saturated rings. The van der Waals surface area contributed by atoms with Crippen LogP contribution in [-0.4, -0.2) is 43.5 Å². The summed E-state index contributed by atoms with van der Waals surface area (Å²) < 4.78 is 14.0. The average molecular weight is 474 g/mol. The second-order valence-corrected chi connectivity index (χ2v) is 9.23. The number of anilines is 3. The van der Waals surface area contributed by atoms with Crippen LogP contribution in [-0.2, 0) is 6.54 Å². The second-order valence-electron chi connectivity index (χ2n) is 9.23. The number of piperidine rings is 1. The first-order chi connectivity index (χ1) is 16.8. The number of nitrogens with zero attached hydrogens (tertiary/aromatic N) is 6. The minimum absolute atomic E-state index is 0.136. The molecule has 0 spiro atoms. The minimum Gasteiger partial charge on any atom is -0.382 e. The molecule has 180 valence electrons. The highest BCUT2D eigenvalue weighted by Crippen LogP contribution is 2.30. The highest BCUT2D eigenvalue weighted by Gasteiger charge is 2.27. The van der Waals surface area contributed by atoms with Crippen LogP contribution in [0.4, 0.5) is 21.7 Å². The van der Waals surface area contributed by atoms with E-state index in [0.717, 1.165) is 37.4 Å². The van der Waals surface area contributed by atoms with E-state index in [1.165, 1.54) is 12.1 Å². The number of hydrogen-bond donors (Lipinski definition) is 3. The van der Waals surface area contributed by atoms with Gasteiger partial charge >= 0.3 is 0 Å². The normalized spacial score (nSPS) is 15.4. The molecule has 0 radical (unpaired) electrons. The highest BCUT2D eigenvalue weighted by molar-refractivity contribution is 5.91. The Morgan fingerprint density at radius 3 is 2.71 bits per heavy atom. The summed E-state index contributed by atoms with van der Waals surface area (Å²) in [6, 6.07) is 8.39. The van der Waals surface area contributed by atoms with Gasteiger partial charge in [0.25, 0.3) is 0 Å². The van der Waals surface area contributed by atoms with Crippen LogP contribution in [0.3, 0.4) is 0 Å². The van der Waals surface area contributed by atoms with Crippen molar-refractivity contribution in [2.24, 2.45) is 5.73 Å². The number of pyridine rings is 1. The minimum atomic E-state index is -0.369. The fourth-order valence-corrected chi connectivity index (χ4v) is 4.31. The maximum Gasteiger partial charge on any atom is 0.149 e. The molecule has 4 aromatic rings. The number of aromatic nitrogens is 5. The summed E-state index contributed by atoms with van der Waals surface area (Å²) in [5.41, 5.74) is 15.5. The number of fused-ring (bicyclic) bond motifs is 1. The van der Waals surface area contributed by atoms with E-state index in [4.69, 9.17) is 16.5 Å². The molecule has 5 rings (SSSR count). The number of nitrogens with one attached hydrogen (secondary N) is 1. The monoisotopic (exact) mass is 473 g/mol. The lowest BCUT2D eigenvalue weighted by Crippen LogP contribution is -2.48. The fourth-order valence-electron chi connectivity index (χ4n) is 4.31. The van der Waals surface area contributed by atoms with E-state index in [2.05, 4.69) is 37.1 Å². The van der Waals surface area contributed by atoms with Crippen LogP contribution in [0.25, 0.3) is 22.3 Å². The molecule has 4 heterocycles. The van der Waals surface area contributed by atoms with Crippen molar-refractivity contribution in [2.45, 2.75) is 38.8 Å². The van der Waals surface area contributed by atoms with Crippen molar-refractivity contribution in [1.29, 1.82) is 0 Å². The molecule has 3 aromatic heterocycles. The number of benzene rings is 1. The molecular weight excluding hydrogens is 445 g/mol. The zero-order chi connectivity index (χ0) is 24.6. The Morgan fingerprint density at radius 2 is 1.91 bits per heavy atom. The van der Waals surface area contributed by atoms with E-state index in [0.29, 0.717) is 46.2 Å². The molecule has 0 unspecified atom stereocenters. The zero-order valence-electron chi connectivity index (χ0n) is 19.8. The van der Waals surface area contributed by atoms with Gasteiger partial charge in [-0.3, -0.25) is 0 Å². The summed E-state index contributed by atoms with van der Waals surface area (Å²) in [5, 5.41) is 3.93. The molecule has 5 N–H and O–H groups in total. The molecule has 9 nitrogen and oxygen atoms in total. The molecular formula is C25H28FN9. The van der Waals surface area contributed by atoms with E-state index < -0.39 is 0 Å². The van der Waals surface area contributed by atoms with Crippen LogP contribution in [0.1, 0.15) is 31.3 Å². The lowest BCUT2D eigenvalue weighted by molar-refractivity contribution is 0.364. The molecule has 0 amide bonds. The Bertz CT molecular complexity index is 1380. The summed E-state index contributed by atoms with van der Waals surface area (Å²) in [4.78, 5) is 24.8. The summed E-state index contributed by atoms with van der Waals surface area (Å²) in [7, 11) is 0. The molecule has 0 aliphatic carbocycles. The van der Waals surface area contributed by atoms with Crippen LogP contribution >= 0.6 is 0 Å². The lowest BCUT2D eigenvalue weighted by atomic mass is 9.91. The Labute approximate surface area is 202 Å². The molecule has 10 heteroatoms. The zero-order valence-corrected chi connectivity index (χ0v) is 19.8. The van der Waals surface area contributed by atoms with Crippen LogP contribution in [0.2, 0.25) is 0 Å². The Hall–Kier alpha value is -3.92. The van der Waals surface area contributed by atoms with E-state index >= 15 is 0 Å². The summed E-state index contributed by atoms with van der Waals surface area (Å²) in [6.07, 6.45) is 5.12. The maximum atomic E-state index is 14.0. The number of nitrogen functional groups attached to an aromatic ring is 1. The standard InChI is InChI=1S/C25H28FN9/c1-15-32-18-6-5-16(26)12-17(18)22(33-15)19-13-30-23(27)20(34-19)14-31-24-21(4-3-9-29-24)35-10-7-25(2,28)8-11-35/h3-6,9,12-13H,7-8,10-11,14,28H2,1-2H3,(H2,27,30)(H,29,31). The van der Waals surface area contributed by atoms with Crippen LogP contribution in [0, 0.1) is 12.7 Å². The molecule has 1 aliphatic rings. The number of nitrogens with two attached hydrogens (primary N) is 2. The predicted octanol–water partition coefficient (Wildman–Crippen LogP) is 3.44. The van der Waals surface area contributed by atoms with Crippen LogP contribution in [0.5, 0.6) is 0 Å². The van der Waals surface area contributed by atoms with Gasteiger partial charge in [-0.2, -0.15) is 0 Å². The molecule has 0 atom stereocenters. The number of hydrogen-bond acceptors (Lipinski definition) is 9. The van der Waals surface area contributed by atoms with Crippen LogP contribution in [0.15, 0.2) is 42.7 Å². The third-order valence-corrected chi connectivity index (χ3v) is 6.35. The molecule has 1 aromatic carbocycles. The van der Waals surface area contributed by atoms with E-state index in [1.807, 2.05) is 12.1 Å². The van der Waals surface area contributed by atoms with Crippen molar-refractivity contribution < 1.29 is 4.39 Å². The van der Waals surface area contributed by atoms with Gasteiger partial charge in [0.05, 0.1) is 23.9 Å². The summed E-state index contributed by atoms with van der Waals surface area (Å²) in [5.74, 6) is 1.24. The van der Waals surface area contributed by atoms with Gasteiger partial charge in [0.15, 0.2) is 0 Å². The van der Waals surface area contributed by atoms with Crippen molar-refractivity contribution in [2.75, 3.05) is 29.0 Å². The van der Waals surface area contributed by atoms with Crippen molar-refractivity contribution >= 4 is 28.2 Å². The van der Waals surface area contributed by atoms with Gasteiger partial charge < -0.3 is 21.7 Å². The number of halogens is 1. The quantitative estimate of drug-likeness (QED) is 0.399. The summed E-state index contributed by atoms with van der Waals surface area (Å²) in [6.45, 7) is 5.92. The molecule has 35 heavy (non-hydrogen) atoms. The van der Waals surface area contributed by atoms with Gasteiger partial charge in [0.2, 0.25) is 0 Å².